The molecule has 0 amide bonds. The molecule has 0 nitrogen and oxygen atoms in total. The summed E-state index contributed by atoms with van der Waals surface area (Å²) in [5.74, 6) is 0.238. The Kier molecular flexibility index (Phi) is 0.857. The molecule has 48 valence electrons. The Morgan fingerprint density at radius 1 is 1.62 bits per heavy atom. The van der Waals surface area contributed by atoms with Crippen molar-refractivity contribution in [3.8, 4) is 0 Å². The highest BCUT2D eigenvalue weighted by atomic mass is 14.3. The van der Waals surface area contributed by atoms with E-state index in [0.717, 1.165) is 12.8 Å². The minimum absolute atomic E-state index is 0.105. The standard InChI is InChI=1S/C8H16/c1-7-4-5-8(2,3)6-7/h7H,4-6H2,1-3H3/i6D2. The van der Waals surface area contributed by atoms with Crippen molar-refractivity contribution in [2.24, 2.45) is 11.3 Å². The molecule has 0 radical (unpaired) electrons. The summed E-state index contributed by atoms with van der Waals surface area (Å²) in [7, 11) is 0. The zero-order chi connectivity index (χ0) is 7.99. The fourth-order valence-corrected chi connectivity index (χ4v) is 1.39. The van der Waals surface area contributed by atoms with Crippen LogP contribution in [0.15, 0.2) is 0 Å². The molecule has 8 heavy (non-hydrogen) atoms. The molecular formula is C8H16. The number of hydrogen-bond acceptors (Lipinski definition) is 0. The molecule has 1 unspecified atom stereocenters. The molecule has 1 saturated carbocycles. The third-order valence-electron chi connectivity index (χ3n) is 1.84. The van der Waals surface area contributed by atoms with Gasteiger partial charge in [0.1, 0.15) is 0 Å². The predicted octanol–water partition coefficient (Wildman–Crippen LogP) is 2.83. The molecule has 0 aromatic heterocycles. The van der Waals surface area contributed by atoms with E-state index in [-0.39, 0.29) is 11.3 Å². The second kappa shape index (κ2) is 1.75. The third-order valence-corrected chi connectivity index (χ3v) is 1.84. The van der Waals surface area contributed by atoms with E-state index < -0.39 is 6.37 Å². The van der Waals surface area contributed by atoms with Gasteiger partial charge in [0.05, 0.1) is 0 Å². The van der Waals surface area contributed by atoms with E-state index in [9.17, 15) is 0 Å². The maximum atomic E-state index is 7.76. The van der Waals surface area contributed by atoms with Crippen LogP contribution in [0.4, 0.5) is 0 Å². The van der Waals surface area contributed by atoms with Crippen LogP contribution >= 0.6 is 0 Å². The summed E-state index contributed by atoms with van der Waals surface area (Å²) in [6.07, 6.45) is 1.12. The Labute approximate surface area is 55.1 Å². The third kappa shape index (κ3) is 1.24. The van der Waals surface area contributed by atoms with Crippen LogP contribution in [0.1, 0.15) is 42.7 Å². The lowest BCUT2D eigenvalue weighted by atomic mass is 9.91. The maximum Gasteiger partial charge on any atom is 0.0275 e. The molecule has 1 rings (SSSR count). The summed E-state index contributed by atoms with van der Waals surface area (Å²) < 4.78 is 15.5. The average molecular weight is 114 g/mol. The number of rotatable bonds is 0. The van der Waals surface area contributed by atoms with Gasteiger partial charge in [-0.15, -0.1) is 0 Å². The first-order valence-electron chi connectivity index (χ1n) is 4.38. The van der Waals surface area contributed by atoms with E-state index in [4.69, 9.17) is 2.74 Å². The average Bonchev–Trinajstić information content (AvgIpc) is 1.94. The fraction of sp³-hybridized carbons (Fsp3) is 1.00. The van der Waals surface area contributed by atoms with Gasteiger partial charge in [0.25, 0.3) is 0 Å². The quantitative estimate of drug-likeness (QED) is 0.454. The molecule has 0 aromatic rings. The molecule has 0 spiro atoms. The molecule has 1 aliphatic rings. The highest BCUT2D eigenvalue weighted by molar-refractivity contribution is 4.79. The summed E-state index contributed by atoms with van der Waals surface area (Å²) in [6.45, 7) is 6.06. The molecule has 0 bridgehead atoms. The van der Waals surface area contributed by atoms with Gasteiger partial charge < -0.3 is 0 Å². The highest BCUT2D eigenvalue weighted by Gasteiger charge is 2.27. The summed E-state index contributed by atoms with van der Waals surface area (Å²) in [4.78, 5) is 0. The Bertz CT molecular complexity index is 138. The van der Waals surface area contributed by atoms with Crippen LogP contribution in [0, 0.1) is 11.3 Å². The smallest absolute Gasteiger partial charge is 0.0275 e. The van der Waals surface area contributed by atoms with Crippen molar-refractivity contribution in [2.45, 2.75) is 40.0 Å². The first kappa shape index (κ1) is 3.92. The van der Waals surface area contributed by atoms with Gasteiger partial charge in [-0.2, -0.15) is 0 Å². The minimum atomic E-state index is -0.951. The Hall–Kier alpha value is 0. The van der Waals surface area contributed by atoms with E-state index in [1.54, 1.807) is 0 Å². The predicted molar refractivity (Wildman–Crippen MR) is 36.8 cm³/mol. The second-order valence-electron chi connectivity index (χ2n) is 3.47. The van der Waals surface area contributed by atoms with E-state index in [2.05, 4.69) is 0 Å². The van der Waals surface area contributed by atoms with Crippen LogP contribution in [-0.4, -0.2) is 0 Å². The molecule has 0 heterocycles. The summed E-state index contributed by atoms with van der Waals surface area (Å²) in [6, 6.07) is 0. The van der Waals surface area contributed by atoms with Gasteiger partial charge in [0.15, 0.2) is 0 Å². The SMILES string of the molecule is [2H]C1([2H])C(C)CCC1(C)C. The topological polar surface area (TPSA) is 0 Å². The van der Waals surface area contributed by atoms with E-state index >= 15 is 0 Å². The number of hydrogen-bond donors (Lipinski definition) is 0. The summed E-state index contributed by atoms with van der Waals surface area (Å²) in [5.41, 5.74) is -0.105. The molecular weight excluding hydrogens is 96.1 g/mol. The molecule has 0 heteroatoms. The molecule has 1 aliphatic carbocycles. The van der Waals surface area contributed by atoms with Gasteiger partial charge in [-0.3, -0.25) is 0 Å². The fourth-order valence-electron chi connectivity index (χ4n) is 1.39. The van der Waals surface area contributed by atoms with Crippen molar-refractivity contribution in [3.63, 3.8) is 0 Å². The Morgan fingerprint density at radius 2 is 2.25 bits per heavy atom. The lowest BCUT2D eigenvalue weighted by Crippen LogP contribution is -2.03. The van der Waals surface area contributed by atoms with Gasteiger partial charge in [0.2, 0.25) is 0 Å². The maximum absolute atomic E-state index is 7.76. The molecule has 0 N–H and O–H groups in total. The normalized spacial score (nSPS) is 45.6. The summed E-state index contributed by atoms with van der Waals surface area (Å²) >= 11 is 0. The van der Waals surface area contributed by atoms with Crippen molar-refractivity contribution in [3.05, 3.63) is 0 Å². The van der Waals surface area contributed by atoms with Gasteiger partial charge >= 0.3 is 0 Å². The molecule has 0 aromatic carbocycles. The monoisotopic (exact) mass is 114 g/mol. The van der Waals surface area contributed by atoms with Crippen molar-refractivity contribution in [1.29, 1.82) is 0 Å². The summed E-state index contributed by atoms with van der Waals surface area (Å²) in [5, 5.41) is 0. The zero-order valence-electron chi connectivity index (χ0n) is 7.99. The molecule has 0 saturated heterocycles. The Balaban J connectivity index is 2.84. The molecule has 1 atom stereocenters. The van der Waals surface area contributed by atoms with Crippen molar-refractivity contribution in [1.82, 2.24) is 0 Å². The lowest BCUT2D eigenvalue weighted by molar-refractivity contribution is 0.366. The first-order valence-corrected chi connectivity index (χ1v) is 3.38. The van der Waals surface area contributed by atoms with Crippen molar-refractivity contribution < 1.29 is 2.74 Å². The van der Waals surface area contributed by atoms with Gasteiger partial charge in [-0.05, 0) is 24.1 Å². The molecule has 0 aliphatic heterocycles. The van der Waals surface area contributed by atoms with Crippen LogP contribution in [0.3, 0.4) is 0 Å². The van der Waals surface area contributed by atoms with Crippen LogP contribution in [0.5, 0.6) is 0 Å². The van der Waals surface area contributed by atoms with E-state index in [1.807, 2.05) is 20.8 Å². The molecule has 1 fully saturated rings. The van der Waals surface area contributed by atoms with Crippen LogP contribution in [0.2, 0.25) is 0 Å². The first-order chi connectivity index (χ1) is 4.38. The van der Waals surface area contributed by atoms with Crippen LogP contribution < -0.4 is 0 Å². The largest absolute Gasteiger partial charge is 0.0625 e. The lowest BCUT2D eigenvalue weighted by Gasteiger charge is -2.15. The van der Waals surface area contributed by atoms with E-state index in [1.165, 1.54) is 0 Å². The van der Waals surface area contributed by atoms with Crippen molar-refractivity contribution >= 4 is 0 Å². The van der Waals surface area contributed by atoms with Crippen LogP contribution in [0.25, 0.3) is 0 Å². The van der Waals surface area contributed by atoms with Gasteiger partial charge in [0, 0.05) is 2.74 Å². The Morgan fingerprint density at radius 3 is 2.38 bits per heavy atom. The zero-order valence-corrected chi connectivity index (χ0v) is 5.99. The van der Waals surface area contributed by atoms with E-state index in [0.29, 0.717) is 0 Å². The minimum Gasteiger partial charge on any atom is -0.0625 e. The second-order valence-corrected chi connectivity index (χ2v) is 3.47. The van der Waals surface area contributed by atoms with Crippen LogP contribution in [-0.2, 0) is 0 Å². The van der Waals surface area contributed by atoms with Crippen molar-refractivity contribution in [2.75, 3.05) is 0 Å². The van der Waals surface area contributed by atoms with Gasteiger partial charge in [-0.25, -0.2) is 0 Å². The van der Waals surface area contributed by atoms with Gasteiger partial charge in [-0.1, -0.05) is 27.2 Å². The highest BCUT2D eigenvalue weighted by Crippen LogP contribution is 2.40.